The summed E-state index contributed by atoms with van der Waals surface area (Å²) in [6.45, 7) is 0. The molecule has 0 fully saturated rings. The van der Waals surface area contributed by atoms with E-state index in [0.29, 0.717) is 15.6 Å². The van der Waals surface area contributed by atoms with Crippen molar-refractivity contribution < 1.29 is 13.6 Å². The molecular weight excluding hydrogens is 282 g/mol. The maximum absolute atomic E-state index is 13.3. The first-order valence-corrected chi connectivity index (χ1v) is 6.53. The van der Waals surface area contributed by atoms with Crippen LogP contribution in [0.15, 0.2) is 42.5 Å². The smallest absolute Gasteiger partial charge is 0.256 e. The van der Waals surface area contributed by atoms with Gasteiger partial charge >= 0.3 is 0 Å². The maximum atomic E-state index is 13.3. The quantitative estimate of drug-likeness (QED) is 0.779. The molecule has 1 aromatic heterocycles. The number of halogens is 2. The van der Waals surface area contributed by atoms with E-state index < -0.39 is 11.6 Å². The van der Waals surface area contributed by atoms with E-state index in [1.165, 1.54) is 0 Å². The lowest BCUT2D eigenvalue weighted by Gasteiger charge is -2.02. The van der Waals surface area contributed by atoms with Crippen LogP contribution in [0.5, 0.6) is 0 Å². The molecule has 0 bridgehead atoms. The first-order chi connectivity index (χ1) is 9.65. The van der Waals surface area contributed by atoms with Gasteiger partial charge in [0.05, 0.1) is 4.70 Å². The van der Waals surface area contributed by atoms with E-state index in [-0.39, 0.29) is 11.7 Å². The van der Waals surface area contributed by atoms with Crippen LogP contribution >= 0.6 is 11.5 Å². The minimum absolute atomic E-state index is 0.234. The van der Waals surface area contributed by atoms with Crippen molar-refractivity contribution >= 4 is 33.3 Å². The van der Waals surface area contributed by atoms with Crippen molar-refractivity contribution in [1.82, 2.24) is 4.37 Å². The van der Waals surface area contributed by atoms with E-state index in [0.717, 1.165) is 23.7 Å². The second kappa shape index (κ2) is 4.97. The lowest BCUT2D eigenvalue weighted by atomic mass is 10.2. The Morgan fingerprint density at radius 3 is 2.55 bits per heavy atom. The van der Waals surface area contributed by atoms with Crippen LogP contribution in [0.4, 0.5) is 14.6 Å². The third-order valence-electron chi connectivity index (χ3n) is 2.78. The number of nitrogens with zero attached hydrogens (tertiary/aromatic N) is 1. The van der Waals surface area contributed by atoms with E-state index in [4.69, 9.17) is 0 Å². The molecule has 1 N–H and O–H groups in total. The molecule has 0 atom stereocenters. The minimum Gasteiger partial charge on any atom is -0.305 e. The average Bonchev–Trinajstić information content (AvgIpc) is 2.83. The molecule has 0 saturated heterocycles. The van der Waals surface area contributed by atoms with Crippen molar-refractivity contribution in [3.63, 3.8) is 0 Å². The number of anilines is 1. The number of amides is 1. The maximum Gasteiger partial charge on any atom is 0.256 e. The summed E-state index contributed by atoms with van der Waals surface area (Å²) in [6, 6.07) is 10.7. The van der Waals surface area contributed by atoms with Gasteiger partial charge in [-0.2, -0.15) is 4.37 Å². The first-order valence-electron chi connectivity index (χ1n) is 5.76. The van der Waals surface area contributed by atoms with Gasteiger partial charge in [-0.15, -0.1) is 0 Å². The Bertz CT molecular complexity index is 786. The van der Waals surface area contributed by atoms with Crippen molar-refractivity contribution in [2.45, 2.75) is 0 Å². The van der Waals surface area contributed by atoms with E-state index in [9.17, 15) is 13.6 Å². The highest BCUT2D eigenvalue weighted by Gasteiger charge is 2.14. The van der Waals surface area contributed by atoms with Crippen LogP contribution in [0.3, 0.4) is 0 Å². The van der Waals surface area contributed by atoms with Gasteiger partial charge < -0.3 is 5.32 Å². The molecule has 100 valence electrons. The number of nitrogens with one attached hydrogen (secondary N) is 1. The summed E-state index contributed by atoms with van der Waals surface area (Å²) in [5, 5.41) is 2.99. The van der Waals surface area contributed by atoms with Crippen molar-refractivity contribution in [2.24, 2.45) is 0 Å². The Kier molecular flexibility index (Phi) is 3.15. The molecule has 2 aromatic carbocycles. The summed E-state index contributed by atoms with van der Waals surface area (Å²) in [7, 11) is 0. The fraction of sp³-hybridized carbons (Fsp3) is 0. The van der Waals surface area contributed by atoms with Crippen molar-refractivity contribution in [1.29, 1.82) is 0 Å². The van der Waals surface area contributed by atoms with Crippen LogP contribution in [0.2, 0.25) is 0 Å². The van der Waals surface area contributed by atoms with E-state index in [1.807, 2.05) is 0 Å². The summed E-state index contributed by atoms with van der Waals surface area (Å²) in [6.07, 6.45) is 0. The molecule has 3 rings (SSSR count). The average molecular weight is 290 g/mol. The molecule has 1 amide bonds. The molecule has 0 aliphatic carbocycles. The molecule has 3 aromatic rings. The molecule has 0 unspecified atom stereocenters. The van der Waals surface area contributed by atoms with Crippen LogP contribution in [-0.4, -0.2) is 10.3 Å². The fourth-order valence-electron chi connectivity index (χ4n) is 1.79. The highest BCUT2D eigenvalue weighted by Crippen LogP contribution is 2.29. The molecule has 0 spiro atoms. The van der Waals surface area contributed by atoms with Crippen LogP contribution in [0, 0.1) is 11.6 Å². The van der Waals surface area contributed by atoms with E-state index in [1.54, 1.807) is 30.3 Å². The van der Waals surface area contributed by atoms with Crippen LogP contribution in [0.1, 0.15) is 10.4 Å². The summed E-state index contributed by atoms with van der Waals surface area (Å²) in [4.78, 5) is 12.0. The SMILES string of the molecule is O=C(Nc1nsc2cc(F)c(F)cc12)c1ccccc1. The number of hydrogen-bond acceptors (Lipinski definition) is 3. The molecular formula is C14H8F2N2OS. The lowest BCUT2D eigenvalue weighted by Crippen LogP contribution is -2.11. The van der Waals surface area contributed by atoms with Crippen molar-refractivity contribution in [3.8, 4) is 0 Å². The Morgan fingerprint density at radius 2 is 1.80 bits per heavy atom. The van der Waals surface area contributed by atoms with Crippen molar-refractivity contribution in [3.05, 3.63) is 59.7 Å². The molecule has 0 aliphatic heterocycles. The fourth-order valence-corrected chi connectivity index (χ4v) is 2.54. The molecule has 0 aliphatic rings. The number of aromatic nitrogens is 1. The Labute approximate surface area is 117 Å². The molecule has 6 heteroatoms. The van der Waals surface area contributed by atoms with E-state index in [2.05, 4.69) is 9.69 Å². The zero-order chi connectivity index (χ0) is 14.1. The molecule has 0 saturated carbocycles. The number of carbonyl (C=O) groups excluding carboxylic acids is 1. The van der Waals surface area contributed by atoms with Gasteiger partial charge in [-0.25, -0.2) is 8.78 Å². The third kappa shape index (κ3) is 2.25. The molecule has 1 heterocycles. The second-order valence-electron chi connectivity index (χ2n) is 4.11. The third-order valence-corrected chi connectivity index (χ3v) is 3.59. The van der Waals surface area contributed by atoms with Gasteiger partial charge in [-0.3, -0.25) is 4.79 Å². The molecule has 0 radical (unpaired) electrons. The summed E-state index contributed by atoms with van der Waals surface area (Å²) in [5.74, 6) is -2.00. The predicted molar refractivity (Wildman–Crippen MR) is 73.9 cm³/mol. The molecule has 20 heavy (non-hydrogen) atoms. The zero-order valence-corrected chi connectivity index (χ0v) is 10.9. The van der Waals surface area contributed by atoms with Gasteiger partial charge in [0.15, 0.2) is 17.5 Å². The minimum atomic E-state index is -0.965. The standard InChI is InChI=1S/C14H8F2N2OS/c15-10-6-9-12(7-11(10)16)20-18-13(9)17-14(19)8-4-2-1-3-5-8/h1-7H,(H,17,18,19). The van der Waals surface area contributed by atoms with Gasteiger partial charge in [0, 0.05) is 10.9 Å². The predicted octanol–water partition coefficient (Wildman–Crippen LogP) is 3.83. The Morgan fingerprint density at radius 1 is 1.10 bits per heavy atom. The van der Waals surface area contributed by atoms with E-state index >= 15 is 0 Å². The number of fused-ring (bicyclic) bond motifs is 1. The normalized spacial score (nSPS) is 10.7. The first kappa shape index (κ1) is 12.7. The number of hydrogen-bond donors (Lipinski definition) is 1. The topological polar surface area (TPSA) is 42.0 Å². The van der Waals surface area contributed by atoms with Gasteiger partial charge in [-0.1, -0.05) is 18.2 Å². The second-order valence-corrected chi connectivity index (χ2v) is 4.92. The van der Waals surface area contributed by atoms with Gasteiger partial charge in [0.25, 0.3) is 5.91 Å². The van der Waals surface area contributed by atoms with Crippen LogP contribution in [0.25, 0.3) is 10.1 Å². The molecule has 3 nitrogen and oxygen atoms in total. The highest BCUT2D eigenvalue weighted by molar-refractivity contribution is 7.13. The van der Waals surface area contributed by atoms with Crippen LogP contribution in [-0.2, 0) is 0 Å². The highest BCUT2D eigenvalue weighted by atomic mass is 32.1. The Balaban J connectivity index is 1.96. The number of carbonyl (C=O) groups is 1. The largest absolute Gasteiger partial charge is 0.305 e. The zero-order valence-electron chi connectivity index (χ0n) is 10.1. The van der Waals surface area contributed by atoms with Gasteiger partial charge in [-0.05, 0) is 35.8 Å². The van der Waals surface area contributed by atoms with Crippen LogP contribution < -0.4 is 5.32 Å². The summed E-state index contributed by atoms with van der Waals surface area (Å²) >= 11 is 1.00. The Hall–Kier alpha value is -2.34. The van der Waals surface area contributed by atoms with Crippen molar-refractivity contribution in [2.75, 3.05) is 5.32 Å². The monoisotopic (exact) mass is 290 g/mol. The summed E-state index contributed by atoms with van der Waals surface area (Å²) in [5.41, 5.74) is 0.469. The van der Waals surface area contributed by atoms with Gasteiger partial charge in [0.1, 0.15) is 0 Å². The lowest BCUT2D eigenvalue weighted by molar-refractivity contribution is 0.102. The number of rotatable bonds is 2. The number of benzene rings is 2. The summed E-state index contributed by atoms with van der Waals surface area (Å²) < 4.78 is 30.9. The van der Waals surface area contributed by atoms with Gasteiger partial charge in [0.2, 0.25) is 0 Å².